The summed E-state index contributed by atoms with van der Waals surface area (Å²) in [5.74, 6) is -3.77. The first-order valence-corrected chi connectivity index (χ1v) is 9.83. The average Bonchev–Trinajstić information content (AvgIpc) is 3.28. The molecule has 176 valence electrons. The van der Waals surface area contributed by atoms with Crippen LogP contribution in [0.5, 0.6) is 0 Å². The lowest BCUT2D eigenvalue weighted by atomic mass is 9.79. The molecular formula is C22H16F3N3O6. The van der Waals surface area contributed by atoms with Gasteiger partial charge in [-0.05, 0) is 18.2 Å². The summed E-state index contributed by atoms with van der Waals surface area (Å²) in [7, 11) is 0. The van der Waals surface area contributed by atoms with E-state index in [4.69, 9.17) is 4.42 Å². The number of Topliss-reactive ketones (excluding diaryl/α,β-unsaturated/α-hetero) is 1. The molecule has 1 aliphatic heterocycles. The van der Waals surface area contributed by atoms with Crippen LogP contribution in [0.1, 0.15) is 22.2 Å². The zero-order chi connectivity index (χ0) is 24.7. The van der Waals surface area contributed by atoms with Gasteiger partial charge in [-0.1, -0.05) is 42.5 Å². The number of furan rings is 1. The number of carbonyl (C=O) groups excluding carboxylic acids is 2. The van der Waals surface area contributed by atoms with E-state index in [1.165, 1.54) is 66.0 Å². The van der Waals surface area contributed by atoms with E-state index < -0.39 is 40.6 Å². The number of alkyl halides is 3. The number of nitro benzene ring substituents is 1. The lowest BCUT2D eigenvalue weighted by molar-refractivity contribution is -0.384. The van der Waals surface area contributed by atoms with Crippen molar-refractivity contribution in [1.82, 2.24) is 10.6 Å². The van der Waals surface area contributed by atoms with E-state index in [9.17, 15) is 38.0 Å². The van der Waals surface area contributed by atoms with Crippen LogP contribution >= 0.6 is 0 Å². The van der Waals surface area contributed by atoms with E-state index in [0.717, 1.165) is 0 Å². The third kappa shape index (κ3) is 3.88. The summed E-state index contributed by atoms with van der Waals surface area (Å²) in [5.41, 5.74) is -4.33. The molecule has 9 nitrogen and oxygen atoms in total. The second-order valence-corrected chi connectivity index (χ2v) is 7.52. The molecule has 0 saturated carbocycles. The summed E-state index contributed by atoms with van der Waals surface area (Å²) in [6, 6.07) is 11.8. The summed E-state index contributed by atoms with van der Waals surface area (Å²) >= 11 is 0. The van der Waals surface area contributed by atoms with E-state index in [-0.39, 0.29) is 28.3 Å². The van der Waals surface area contributed by atoms with Crippen molar-refractivity contribution in [3.63, 3.8) is 0 Å². The Balaban J connectivity index is 1.83. The lowest BCUT2D eigenvalue weighted by Crippen LogP contribution is -2.72. The Labute approximate surface area is 189 Å². The largest absolute Gasteiger partial charge is 0.459 e. The molecule has 4 rings (SSSR count). The SMILES string of the molecule is O=C1N[C@H](c2ccc(-c3ccccc3[N+](=O)[O-])o2)[C@@H](C(=O)c2ccccc2)[C@@](O)(C(F)(F)F)N1. The number of nitro groups is 1. The Bertz CT molecular complexity index is 1260. The quantitative estimate of drug-likeness (QED) is 0.291. The molecule has 0 spiro atoms. The van der Waals surface area contributed by atoms with Crippen LogP contribution in [0.4, 0.5) is 23.7 Å². The van der Waals surface area contributed by atoms with Crippen molar-refractivity contribution in [2.75, 3.05) is 0 Å². The third-order valence-corrected chi connectivity index (χ3v) is 5.45. The first-order chi connectivity index (χ1) is 16.0. The molecule has 0 aliphatic carbocycles. The lowest BCUT2D eigenvalue weighted by Gasteiger charge is -2.44. The van der Waals surface area contributed by atoms with Gasteiger partial charge in [0.1, 0.15) is 23.5 Å². The number of carbonyl (C=O) groups is 2. The molecule has 0 radical (unpaired) electrons. The van der Waals surface area contributed by atoms with Crippen LogP contribution < -0.4 is 10.6 Å². The summed E-state index contributed by atoms with van der Waals surface area (Å²) in [6.07, 6.45) is -5.42. The number of benzene rings is 2. The zero-order valence-corrected chi connectivity index (χ0v) is 17.1. The van der Waals surface area contributed by atoms with Crippen molar-refractivity contribution in [2.24, 2.45) is 5.92 Å². The molecule has 0 bridgehead atoms. The average molecular weight is 475 g/mol. The van der Waals surface area contributed by atoms with Gasteiger partial charge < -0.3 is 20.2 Å². The number of urea groups is 1. The van der Waals surface area contributed by atoms with Gasteiger partial charge in [0.2, 0.25) is 5.72 Å². The fraction of sp³-hybridized carbons (Fsp3) is 0.182. The van der Waals surface area contributed by atoms with Gasteiger partial charge >= 0.3 is 12.2 Å². The van der Waals surface area contributed by atoms with Crippen molar-refractivity contribution < 1.29 is 37.2 Å². The number of para-hydroxylation sites is 1. The van der Waals surface area contributed by atoms with E-state index >= 15 is 0 Å². The van der Waals surface area contributed by atoms with Gasteiger partial charge in [-0.15, -0.1) is 0 Å². The van der Waals surface area contributed by atoms with E-state index in [0.29, 0.717) is 0 Å². The Kier molecular flexibility index (Phi) is 5.61. The fourth-order valence-electron chi connectivity index (χ4n) is 3.86. The Morgan fingerprint density at radius 3 is 2.35 bits per heavy atom. The number of hydrogen-bond donors (Lipinski definition) is 3. The van der Waals surface area contributed by atoms with Crippen molar-refractivity contribution in [3.8, 4) is 11.3 Å². The maximum atomic E-state index is 14.0. The predicted octanol–water partition coefficient (Wildman–Crippen LogP) is 3.96. The van der Waals surface area contributed by atoms with Gasteiger partial charge in [-0.25, -0.2) is 4.79 Å². The molecule has 3 N–H and O–H groups in total. The highest BCUT2D eigenvalue weighted by Crippen LogP contribution is 2.45. The molecule has 34 heavy (non-hydrogen) atoms. The normalized spacial score (nSPS) is 22.5. The molecule has 1 saturated heterocycles. The van der Waals surface area contributed by atoms with Crippen molar-refractivity contribution >= 4 is 17.5 Å². The van der Waals surface area contributed by atoms with Gasteiger partial charge in [0.15, 0.2) is 5.78 Å². The van der Waals surface area contributed by atoms with Crippen molar-refractivity contribution in [3.05, 3.63) is 88.2 Å². The number of ketones is 1. The highest BCUT2D eigenvalue weighted by Gasteiger charge is 2.66. The number of amides is 2. The van der Waals surface area contributed by atoms with Gasteiger partial charge in [0.05, 0.1) is 10.5 Å². The number of nitrogens with one attached hydrogen (secondary N) is 2. The second kappa shape index (κ2) is 8.30. The van der Waals surface area contributed by atoms with Gasteiger partial charge in [0.25, 0.3) is 5.69 Å². The van der Waals surface area contributed by atoms with Crippen LogP contribution in [0.15, 0.2) is 71.1 Å². The molecule has 3 atom stereocenters. The number of nitrogens with zero attached hydrogens (tertiary/aromatic N) is 1. The molecule has 0 unspecified atom stereocenters. The molecule has 2 heterocycles. The van der Waals surface area contributed by atoms with E-state index in [2.05, 4.69) is 5.32 Å². The molecule has 12 heteroatoms. The Hall–Kier alpha value is -4.19. The number of hydrogen-bond acceptors (Lipinski definition) is 6. The molecule has 1 aromatic heterocycles. The third-order valence-electron chi connectivity index (χ3n) is 5.45. The minimum Gasteiger partial charge on any atom is -0.459 e. The van der Waals surface area contributed by atoms with E-state index in [1.54, 1.807) is 6.07 Å². The van der Waals surface area contributed by atoms with E-state index in [1.807, 2.05) is 0 Å². The summed E-state index contributed by atoms with van der Waals surface area (Å²) in [4.78, 5) is 36.0. The summed E-state index contributed by atoms with van der Waals surface area (Å²) < 4.78 is 47.5. The molecule has 1 aliphatic rings. The smallest absolute Gasteiger partial charge is 0.437 e. The van der Waals surface area contributed by atoms with Crippen LogP contribution in [0.3, 0.4) is 0 Å². The maximum absolute atomic E-state index is 14.0. The summed E-state index contributed by atoms with van der Waals surface area (Å²) in [6.45, 7) is 0. The highest BCUT2D eigenvalue weighted by molar-refractivity contribution is 6.00. The topological polar surface area (TPSA) is 135 Å². The van der Waals surface area contributed by atoms with Crippen LogP contribution in [-0.4, -0.2) is 33.7 Å². The Morgan fingerprint density at radius 2 is 1.71 bits per heavy atom. The zero-order valence-electron chi connectivity index (χ0n) is 17.1. The van der Waals surface area contributed by atoms with Crippen LogP contribution in [-0.2, 0) is 0 Å². The molecule has 3 aromatic rings. The monoisotopic (exact) mass is 475 g/mol. The van der Waals surface area contributed by atoms with Crippen LogP contribution in [0.2, 0.25) is 0 Å². The molecular weight excluding hydrogens is 459 g/mol. The molecule has 1 fully saturated rings. The van der Waals surface area contributed by atoms with Gasteiger partial charge in [0, 0.05) is 11.6 Å². The minimum absolute atomic E-state index is 0.0380. The molecule has 2 amide bonds. The van der Waals surface area contributed by atoms with Crippen molar-refractivity contribution in [1.29, 1.82) is 0 Å². The van der Waals surface area contributed by atoms with Gasteiger partial charge in [-0.3, -0.25) is 14.9 Å². The predicted molar refractivity (Wildman–Crippen MR) is 110 cm³/mol. The number of rotatable bonds is 5. The first-order valence-electron chi connectivity index (χ1n) is 9.83. The van der Waals surface area contributed by atoms with Crippen LogP contribution in [0, 0.1) is 16.0 Å². The minimum atomic E-state index is -5.42. The maximum Gasteiger partial charge on any atom is 0.437 e. The standard InChI is InChI=1S/C22H16F3N3O6/c23-22(24,25)21(31)17(19(29)12-6-2-1-3-7-12)18(26-20(30)27-21)16-11-10-15(34-16)13-8-4-5-9-14(13)28(32)33/h1-11,17-18,31H,(H2,26,27,30)/t17-,18+,21+/m0/s1. The Morgan fingerprint density at radius 1 is 1.06 bits per heavy atom. The second-order valence-electron chi connectivity index (χ2n) is 7.52. The highest BCUT2D eigenvalue weighted by atomic mass is 19.4. The first kappa shape index (κ1) is 23.0. The number of aliphatic hydroxyl groups is 1. The van der Waals surface area contributed by atoms with Crippen molar-refractivity contribution in [2.45, 2.75) is 17.9 Å². The summed E-state index contributed by atoms with van der Waals surface area (Å²) in [5, 5.41) is 25.6. The number of halogens is 3. The fourth-order valence-corrected chi connectivity index (χ4v) is 3.86. The van der Waals surface area contributed by atoms with Gasteiger partial charge in [-0.2, -0.15) is 13.2 Å². The molecule has 2 aromatic carbocycles. The van der Waals surface area contributed by atoms with Crippen LogP contribution in [0.25, 0.3) is 11.3 Å².